The first-order valence-corrected chi connectivity index (χ1v) is 4.59. The number of carbonyl (C=O) groups excluding carboxylic acids is 1. The Balaban J connectivity index is 2.53. The van der Waals surface area contributed by atoms with Gasteiger partial charge in [-0.05, 0) is 24.1 Å². The van der Waals surface area contributed by atoms with E-state index in [1.165, 1.54) is 12.1 Å². The molecule has 0 aromatic heterocycles. The van der Waals surface area contributed by atoms with Crippen LogP contribution in [0.3, 0.4) is 0 Å². The van der Waals surface area contributed by atoms with Crippen molar-refractivity contribution < 1.29 is 24.6 Å². The first kappa shape index (κ1) is 12.5. The fraction of sp³-hybridized carbons (Fsp3) is 0.222. The number of hydrogen-bond acceptors (Lipinski definition) is 6. The number of phenolic OH excluding ortho intramolecular Hbond substituents is 1. The maximum absolute atomic E-state index is 11.1. The molecule has 0 saturated heterocycles. The molecule has 0 heterocycles. The summed E-state index contributed by atoms with van der Waals surface area (Å²) in [5.74, 6) is -0.784. The number of hydrogen-bond donors (Lipinski definition) is 4. The van der Waals surface area contributed by atoms with Gasteiger partial charge in [0.05, 0.1) is 0 Å². The number of aromatic hydroxyl groups is 1. The van der Waals surface area contributed by atoms with E-state index in [4.69, 9.17) is 20.9 Å². The molecule has 0 aliphatic heterocycles. The van der Waals surface area contributed by atoms with Crippen molar-refractivity contribution in [2.24, 2.45) is 5.73 Å². The maximum atomic E-state index is 11.1. The molecule has 1 aromatic carbocycles. The second-order valence-electron chi connectivity index (χ2n) is 3.24. The van der Waals surface area contributed by atoms with E-state index in [0.717, 1.165) is 5.56 Å². The van der Waals surface area contributed by atoms with E-state index >= 15 is 0 Å². The smallest absolute Gasteiger partial charge is 0.508 e. The average Bonchev–Trinajstić information content (AvgIpc) is 2.20. The fourth-order valence-electron chi connectivity index (χ4n) is 1.16. The topological polar surface area (TPSA) is 113 Å². The third-order valence-corrected chi connectivity index (χ3v) is 1.92. The lowest BCUT2D eigenvalue weighted by atomic mass is 10.1. The zero-order valence-electron chi connectivity index (χ0n) is 8.41. The number of carbonyl (C=O) groups is 1. The Morgan fingerprint density at radius 1 is 1.38 bits per heavy atom. The predicted molar refractivity (Wildman–Crippen MR) is 56.1 cm³/mol. The highest BCUT2D eigenvalue weighted by Crippen LogP contribution is 2.11. The monoisotopic (exact) mass is 225 g/mol. The van der Waals surface area contributed by atoms with Gasteiger partial charge in [0.25, 0.3) is 0 Å². The summed E-state index contributed by atoms with van der Waals surface area (Å²) in [6, 6.07) is 5.17. The molecule has 1 aromatic rings. The van der Waals surface area contributed by atoms with Crippen LogP contribution < -0.4 is 5.73 Å². The van der Waals surface area contributed by atoms with Crippen molar-refractivity contribution in [2.45, 2.75) is 12.5 Å². The fourth-order valence-corrected chi connectivity index (χ4v) is 1.16. The highest BCUT2D eigenvalue weighted by atomic mass is 16.6. The van der Waals surface area contributed by atoms with E-state index in [2.05, 4.69) is 4.65 Å². The molecular formula is C9H12BNO5. The summed E-state index contributed by atoms with van der Waals surface area (Å²) in [4.78, 5) is 11.1. The van der Waals surface area contributed by atoms with E-state index in [-0.39, 0.29) is 12.2 Å². The minimum atomic E-state index is -2.15. The van der Waals surface area contributed by atoms with E-state index in [1.807, 2.05) is 0 Å². The van der Waals surface area contributed by atoms with Gasteiger partial charge < -0.3 is 25.5 Å². The molecule has 86 valence electrons. The molecule has 7 heteroatoms. The zero-order valence-corrected chi connectivity index (χ0v) is 8.41. The standard InChI is InChI=1S/C9H12BNO5/c11-8(9(13)16-10(14)15)5-6-1-3-7(12)4-2-6/h1-4,8,12,14-15H,5,11H2/t8-/m0/s1. The molecule has 0 spiro atoms. The van der Waals surface area contributed by atoms with Crippen LogP contribution in [-0.4, -0.2) is 34.5 Å². The molecule has 0 fully saturated rings. The van der Waals surface area contributed by atoms with Crippen LogP contribution in [0.25, 0.3) is 0 Å². The number of phenols is 1. The Labute approximate surface area is 92.5 Å². The molecule has 0 radical (unpaired) electrons. The van der Waals surface area contributed by atoms with E-state index in [9.17, 15) is 4.79 Å². The van der Waals surface area contributed by atoms with Gasteiger partial charge >= 0.3 is 13.3 Å². The molecule has 1 rings (SSSR count). The van der Waals surface area contributed by atoms with Crippen molar-refractivity contribution in [2.75, 3.05) is 0 Å². The molecule has 0 bridgehead atoms. The van der Waals surface area contributed by atoms with Crippen molar-refractivity contribution in [3.8, 4) is 5.75 Å². The van der Waals surface area contributed by atoms with Gasteiger partial charge in [0.15, 0.2) is 0 Å². The molecule has 0 aliphatic carbocycles. The summed E-state index contributed by atoms with van der Waals surface area (Å²) in [6.45, 7) is 0. The Morgan fingerprint density at radius 3 is 2.44 bits per heavy atom. The van der Waals surface area contributed by atoms with Gasteiger partial charge in [-0.1, -0.05) is 12.1 Å². The van der Waals surface area contributed by atoms with Crippen molar-refractivity contribution in [3.63, 3.8) is 0 Å². The van der Waals surface area contributed by atoms with E-state index in [1.54, 1.807) is 12.1 Å². The number of rotatable bonds is 4. The summed E-state index contributed by atoms with van der Waals surface area (Å²) >= 11 is 0. The molecule has 0 saturated carbocycles. The lowest BCUT2D eigenvalue weighted by Gasteiger charge is -2.11. The van der Waals surface area contributed by atoms with Crippen LogP contribution in [0.2, 0.25) is 0 Å². The van der Waals surface area contributed by atoms with Crippen LogP contribution >= 0.6 is 0 Å². The lowest BCUT2D eigenvalue weighted by Crippen LogP contribution is -2.38. The Kier molecular flexibility index (Phi) is 4.30. The van der Waals surface area contributed by atoms with E-state index in [0.29, 0.717) is 0 Å². The molecule has 5 N–H and O–H groups in total. The zero-order chi connectivity index (χ0) is 12.1. The highest BCUT2D eigenvalue weighted by molar-refractivity contribution is 6.35. The van der Waals surface area contributed by atoms with Crippen molar-refractivity contribution in [1.82, 2.24) is 0 Å². The summed E-state index contributed by atoms with van der Waals surface area (Å²) < 4.78 is 4.11. The maximum Gasteiger partial charge on any atom is 0.709 e. The van der Waals surface area contributed by atoms with Crippen LogP contribution in [-0.2, 0) is 15.9 Å². The number of nitrogens with two attached hydrogens (primary N) is 1. The SMILES string of the molecule is N[C@@H](Cc1ccc(O)cc1)C(=O)OB(O)O. The first-order chi connectivity index (χ1) is 7.49. The van der Waals surface area contributed by atoms with Crippen molar-refractivity contribution >= 4 is 13.3 Å². The Morgan fingerprint density at radius 2 is 1.94 bits per heavy atom. The van der Waals surface area contributed by atoms with Crippen LogP contribution in [0.1, 0.15) is 5.56 Å². The summed E-state index contributed by atoms with van der Waals surface area (Å²) in [5, 5.41) is 25.8. The van der Waals surface area contributed by atoms with Gasteiger partial charge in [-0.15, -0.1) is 0 Å². The van der Waals surface area contributed by atoms with Gasteiger partial charge in [0, 0.05) is 0 Å². The molecule has 1 atom stereocenters. The van der Waals surface area contributed by atoms with Gasteiger partial charge in [-0.2, -0.15) is 0 Å². The molecule has 0 amide bonds. The molecule has 16 heavy (non-hydrogen) atoms. The molecule has 0 aliphatic rings. The predicted octanol–water partition coefficient (Wildman–Crippen LogP) is -1.23. The second-order valence-corrected chi connectivity index (χ2v) is 3.24. The lowest BCUT2D eigenvalue weighted by molar-refractivity contribution is -0.138. The first-order valence-electron chi connectivity index (χ1n) is 4.59. The largest absolute Gasteiger partial charge is 0.709 e. The summed E-state index contributed by atoms with van der Waals surface area (Å²) in [7, 11) is -2.15. The van der Waals surface area contributed by atoms with Gasteiger partial charge in [-0.25, -0.2) is 0 Å². The number of benzene rings is 1. The van der Waals surface area contributed by atoms with Crippen molar-refractivity contribution in [3.05, 3.63) is 29.8 Å². The Hall–Kier alpha value is -1.57. The van der Waals surface area contributed by atoms with Crippen LogP contribution in [0.4, 0.5) is 0 Å². The minimum Gasteiger partial charge on any atom is -0.508 e. The van der Waals surface area contributed by atoms with Gasteiger partial charge in [0.2, 0.25) is 0 Å². The molecule has 0 unspecified atom stereocenters. The summed E-state index contributed by atoms with van der Waals surface area (Å²) in [5.41, 5.74) is 6.21. The van der Waals surface area contributed by atoms with Crippen LogP contribution in [0, 0.1) is 0 Å². The Bertz CT molecular complexity index is 353. The summed E-state index contributed by atoms with van der Waals surface area (Å²) in [6.07, 6.45) is 0.186. The van der Waals surface area contributed by atoms with Crippen LogP contribution in [0.5, 0.6) is 5.75 Å². The second kappa shape index (κ2) is 5.50. The molecule has 6 nitrogen and oxygen atoms in total. The van der Waals surface area contributed by atoms with E-state index < -0.39 is 19.3 Å². The van der Waals surface area contributed by atoms with Gasteiger partial charge in [-0.3, -0.25) is 4.79 Å². The third-order valence-electron chi connectivity index (χ3n) is 1.92. The molecular weight excluding hydrogens is 213 g/mol. The highest BCUT2D eigenvalue weighted by Gasteiger charge is 2.22. The van der Waals surface area contributed by atoms with Gasteiger partial charge in [0.1, 0.15) is 11.8 Å². The quantitative estimate of drug-likeness (QED) is 0.477. The third kappa shape index (κ3) is 3.89. The van der Waals surface area contributed by atoms with Crippen LogP contribution in [0.15, 0.2) is 24.3 Å². The minimum absolute atomic E-state index is 0.116. The van der Waals surface area contributed by atoms with Crippen molar-refractivity contribution in [1.29, 1.82) is 0 Å². The normalized spacial score (nSPS) is 11.9. The average molecular weight is 225 g/mol.